The summed E-state index contributed by atoms with van der Waals surface area (Å²) in [5.74, 6) is 0. The Labute approximate surface area is 49.0 Å². The SMILES string of the molecule is CC(O)O.[Cl-].[Cl-]. The van der Waals surface area contributed by atoms with Gasteiger partial charge in [0, 0.05) is 0 Å². The second-order valence-corrected chi connectivity index (χ2v) is 0.632. The molecule has 0 rings (SSSR count). The van der Waals surface area contributed by atoms with Crippen molar-refractivity contribution in [3.8, 4) is 0 Å². The first-order chi connectivity index (χ1) is 1.73. The molecule has 0 bridgehead atoms. The summed E-state index contributed by atoms with van der Waals surface area (Å²) >= 11 is 0. The molecule has 2 N–H and O–H groups in total. The van der Waals surface area contributed by atoms with Gasteiger partial charge in [0.25, 0.3) is 0 Å². The number of hydrogen-bond acceptors (Lipinski definition) is 2. The fourth-order valence-electron chi connectivity index (χ4n) is 0. The van der Waals surface area contributed by atoms with E-state index in [1.807, 2.05) is 0 Å². The first-order valence-electron chi connectivity index (χ1n) is 1.09. The number of halogens is 2. The number of hydrogen-bond donors (Lipinski definition) is 2. The van der Waals surface area contributed by atoms with Gasteiger partial charge >= 0.3 is 0 Å². The normalized spacial score (nSPS) is 6.00. The van der Waals surface area contributed by atoms with Crippen molar-refractivity contribution < 1.29 is 35.0 Å². The van der Waals surface area contributed by atoms with E-state index in [1.54, 1.807) is 0 Å². The molecule has 0 saturated heterocycles. The maximum atomic E-state index is 7.61. The highest BCUT2D eigenvalue weighted by molar-refractivity contribution is 4.02. The minimum absolute atomic E-state index is 0. The average molecular weight is 133 g/mol. The lowest BCUT2D eigenvalue weighted by Crippen LogP contribution is -3.00. The van der Waals surface area contributed by atoms with Crippen LogP contribution >= 0.6 is 0 Å². The number of aliphatic hydroxyl groups excluding tert-OH is 1. The zero-order valence-electron chi connectivity index (χ0n) is 3.23. The summed E-state index contributed by atoms with van der Waals surface area (Å²) in [4.78, 5) is 0. The summed E-state index contributed by atoms with van der Waals surface area (Å²) in [6, 6.07) is 0. The summed E-state index contributed by atoms with van der Waals surface area (Å²) in [5.41, 5.74) is 0. The molecule has 4 heteroatoms. The summed E-state index contributed by atoms with van der Waals surface area (Å²) in [5, 5.41) is 15.2. The second kappa shape index (κ2) is 9.09. The minimum atomic E-state index is -1.17. The van der Waals surface area contributed by atoms with E-state index in [4.69, 9.17) is 10.2 Å². The first kappa shape index (κ1) is 16.1. The second-order valence-electron chi connectivity index (χ2n) is 0.632. The minimum Gasteiger partial charge on any atom is -1.00 e. The van der Waals surface area contributed by atoms with E-state index in [2.05, 4.69) is 0 Å². The van der Waals surface area contributed by atoms with Crippen LogP contribution in [0.15, 0.2) is 0 Å². The van der Waals surface area contributed by atoms with Crippen molar-refractivity contribution in [2.75, 3.05) is 0 Å². The molecule has 0 atom stereocenters. The molecule has 0 spiro atoms. The third kappa shape index (κ3) is 221. The van der Waals surface area contributed by atoms with Crippen molar-refractivity contribution in [2.24, 2.45) is 0 Å². The Morgan fingerprint density at radius 3 is 1.17 bits per heavy atom. The predicted octanol–water partition coefficient (Wildman–Crippen LogP) is -6.67. The van der Waals surface area contributed by atoms with Gasteiger partial charge in [0.05, 0.1) is 0 Å². The van der Waals surface area contributed by atoms with E-state index in [0.717, 1.165) is 0 Å². The highest BCUT2D eigenvalue weighted by Crippen LogP contribution is 1.57. The van der Waals surface area contributed by atoms with Gasteiger partial charge in [-0.2, -0.15) is 0 Å². The Hall–Kier alpha value is 0.500. The molecule has 6 heavy (non-hydrogen) atoms. The van der Waals surface area contributed by atoms with Gasteiger partial charge in [0.15, 0.2) is 0 Å². The van der Waals surface area contributed by atoms with Crippen LogP contribution < -0.4 is 24.8 Å². The lowest BCUT2D eigenvalue weighted by atomic mass is 10.8. The van der Waals surface area contributed by atoms with E-state index in [1.165, 1.54) is 6.92 Å². The van der Waals surface area contributed by atoms with Crippen LogP contribution in [0.3, 0.4) is 0 Å². The number of aliphatic hydroxyl groups is 2. The molecule has 0 radical (unpaired) electrons. The Balaban J connectivity index is -0.0000000450. The molecule has 0 aromatic heterocycles. The molecule has 2 nitrogen and oxygen atoms in total. The van der Waals surface area contributed by atoms with E-state index in [0.29, 0.717) is 0 Å². The van der Waals surface area contributed by atoms with Crippen molar-refractivity contribution in [1.29, 1.82) is 0 Å². The molecule has 0 aromatic carbocycles. The third-order valence-corrected chi connectivity index (χ3v) is 0. The topological polar surface area (TPSA) is 40.5 Å². The molecular formula is C2H6Cl2O2-2. The molecule has 42 valence electrons. The van der Waals surface area contributed by atoms with Gasteiger partial charge in [-0.15, -0.1) is 0 Å². The van der Waals surface area contributed by atoms with E-state index >= 15 is 0 Å². The van der Waals surface area contributed by atoms with Crippen LogP contribution in [0, 0.1) is 0 Å². The summed E-state index contributed by atoms with van der Waals surface area (Å²) in [6.07, 6.45) is -1.17. The van der Waals surface area contributed by atoms with Crippen molar-refractivity contribution >= 4 is 0 Å². The zero-order chi connectivity index (χ0) is 3.58. The van der Waals surface area contributed by atoms with Crippen molar-refractivity contribution in [3.05, 3.63) is 0 Å². The summed E-state index contributed by atoms with van der Waals surface area (Å²) < 4.78 is 0. The van der Waals surface area contributed by atoms with Crippen LogP contribution in [0.4, 0.5) is 0 Å². The van der Waals surface area contributed by atoms with Gasteiger partial charge in [0.2, 0.25) is 0 Å². The molecule has 0 aromatic rings. The van der Waals surface area contributed by atoms with Crippen molar-refractivity contribution in [1.82, 2.24) is 0 Å². The third-order valence-electron chi connectivity index (χ3n) is 0. The average Bonchev–Trinajstić information content (AvgIpc) is 0.811. The fourth-order valence-corrected chi connectivity index (χ4v) is 0. The first-order valence-corrected chi connectivity index (χ1v) is 1.09. The van der Waals surface area contributed by atoms with Crippen LogP contribution in [-0.4, -0.2) is 16.5 Å². The van der Waals surface area contributed by atoms with E-state index in [9.17, 15) is 0 Å². The van der Waals surface area contributed by atoms with Crippen LogP contribution in [0.1, 0.15) is 6.92 Å². The van der Waals surface area contributed by atoms with Crippen molar-refractivity contribution in [2.45, 2.75) is 13.2 Å². The summed E-state index contributed by atoms with van der Waals surface area (Å²) in [6.45, 7) is 1.28. The van der Waals surface area contributed by atoms with Gasteiger partial charge < -0.3 is 35.0 Å². The van der Waals surface area contributed by atoms with Gasteiger partial charge in [-0.05, 0) is 6.92 Å². The Bertz CT molecular complexity index is 14.3. The fraction of sp³-hybridized carbons (Fsp3) is 1.00. The highest BCUT2D eigenvalue weighted by Gasteiger charge is 1.70. The molecular weight excluding hydrogens is 127 g/mol. The maximum absolute atomic E-state index is 7.61. The van der Waals surface area contributed by atoms with Gasteiger partial charge in [-0.3, -0.25) is 0 Å². The largest absolute Gasteiger partial charge is 1.00 e. The molecule has 0 aliphatic carbocycles. The van der Waals surface area contributed by atoms with Gasteiger partial charge in [-0.25, -0.2) is 0 Å². The van der Waals surface area contributed by atoms with Crippen molar-refractivity contribution in [3.63, 3.8) is 0 Å². The standard InChI is InChI=1S/C2H6O2.2ClH/c1-2(3)4;;/h2-4H,1H3;2*1H/p-2. The van der Waals surface area contributed by atoms with Crippen LogP contribution in [0.25, 0.3) is 0 Å². The quantitative estimate of drug-likeness (QED) is 0.322. The zero-order valence-corrected chi connectivity index (χ0v) is 4.74. The van der Waals surface area contributed by atoms with Crippen LogP contribution in [0.5, 0.6) is 0 Å². The predicted molar refractivity (Wildman–Crippen MR) is 13.9 cm³/mol. The Kier molecular flexibility index (Phi) is 24.3. The molecule has 0 saturated carbocycles. The number of rotatable bonds is 0. The monoisotopic (exact) mass is 132 g/mol. The lowest BCUT2D eigenvalue weighted by Gasteiger charge is -1.80. The van der Waals surface area contributed by atoms with E-state index in [-0.39, 0.29) is 24.8 Å². The molecule has 0 heterocycles. The molecule has 0 unspecified atom stereocenters. The van der Waals surface area contributed by atoms with Gasteiger partial charge in [-0.1, -0.05) is 0 Å². The Morgan fingerprint density at radius 2 is 1.17 bits per heavy atom. The summed E-state index contributed by atoms with van der Waals surface area (Å²) in [7, 11) is 0. The van der Waals surface area contributed by atoms with Gasteiger partial charge in [0.1, 0.15) is 6.29 Å². The van der Waals surface area contributed by atoms with Crippen LogP contribution in [0.2, 0.25) is 0 Å². The Morgan fingerprint density at radius 1 is 1.17 bits per heavy atom. The smallest absolute Gasteiger partial charge is 0.148 e. The van der Waals surface area contributed by atoms with E-state index < -0.39 is 6.29 Å². The highest BCUT2D eigenvalue weighted by atomic mass is 35.5. The lowest BCUT2D eigenvalue weighted by molar-refractivity contribution is -0.0228. The van der Waals surface area contributed by atoms with Crippen LogP contribution in [-0.2, 0) is 0 Å². The maximum Gasteiger partial charge on any atom is 0.148 e. The molecule has 0 aliphatic heterocycles. The molecule has 0 amide bonds. The molecule has 0 aliphatic rings. The molecule has 0 fully saturated rings.